The molecule has 0 aromatic carbocycles. The van der Waals surface area contributed by atoms with Gasteiger partial charge in [-0.2, -0.15) is 18.3 Å². The molecule has 138 valence electrons. The fourth-order valence-electron chi connectivity index (χ4n) is 2.00. The van der Waals surface area contributed by atoms with Crippen molar-refractivity contribution in [3.05, 3.63) is 24.2 Å². The van der Waals surface area contributed by atoms with Crippen LogP contribution in [0.2, 0.25) is 0 Å². The molecule has 0 unspecified atom stereocenters. The van der Waals surface area contributed by atoms with Crippen molar-refractivity contribution in [3.63, 3.8) is 0 Å². The van der Waals surface area contributed by atoms with Crippen molar-refractivity contribution in [1.29, 1.82) is 0 Å². The Morgan fingerprint density at radius 3 is 2.64 bits per heavy atom. The zero-order valence-electron chi connectivity index (χ0n) is 14.1. The zero-order valence-corrected chi connectivity index (χ0v) is 14.1. The minimum Gasteiger partial charge on any atom is -0.444 e. The number of nitrogens with zero attached hydrogens (tertiary/aromatic N) is 3. The first-order valence-corrected chi connectivity index (χ1v) is 7.68. The van der Waals surface area contributed by atoms with Gasteiger partial charge < -0.3 is 15.4 Å². The molecule has 10 heteroatoms. The van der Waals surface area contributed by atoms with E-state index < -0.39 is 23.6 Å². The second-order valence-electron chi connectivity index (χ2n) is 6.34. The van der Waals surface area contributed by atoms with Gasteiger partial charge in [0.25, 0.3) is 0 Å². The van der Waals surface area contributed by atoms with Crippen molar-refractivity contribution >= 4 is 17.4 Å². The Labute approximate surface area is 142 Å². The Bertz CT molecular complexity index is 737. The molecule has 0 atom stereocenters. The molecule has 25 heavy (non-hydrogen) atoms. The molecule has 2 aromatic rings. The number of hydrogen-bond acceptors (Lipinski definition) is 5. The van der Waals surface area contributed by atoms with Crippen LogP contribution in [0.5, 0.6) is 0 Å². The van der Waals surface area contributed by atoms with E-state index in [0.29, 0.717) is 25.3 Å². The highest BCUT2D eigenvalue weighted by molar-refractivity contribution is 5.68. The topological polar surface area (TPSA) is 80.5 Å². The summed E-state index contributed by atoms with van der Waals surface area (Å²) in [7, 11) is 0. The van der Waals surface area contributed by atoms with E-state index in [1.54, 1.807) is 20.8 Å². The largest absolute Gasteiger partial charge is 0.444 e. The molecule has 0 aliphatic heterocycles. The summed E-state index contributed by atoms with van der Waals surface area (Å²) in [5.74, 6) is 0.294. The number of ether oxygens (including phenoxy) is 1. The number of alkyl halides is 3. The van der Waals surface area contributed by atoms with Crippen LogP contribution in [0.25, 0.3) is 5.52 Å². The molecule has 0 fully saturated rings. The summed E-state index contributed by atoms with van der Waals surface area (Å²) >= 11 is 0. The van der Waals surface area contributed by atoms with E-state index >= 15 is 0 Å². The van der Waals surface area contributed by atoms with Crippen molar-refractivity contribution in [2.24, 2.45) is 0 Å². The van der Waals surface area contributed by atoms with E-state index in [0.717, 1.165) is 10.6 Å². The number of aromatic nitrogens is 3. The molecule has 2 rings (SSSR count). The highest BCUT2D eigenvalue weighted by Gasteiger charge is 2.34. The van der Waals surface area contributed by atoms with Crippen LogP contribution in [-0.2, 0) is 10.9 Å². The van der Waals surface area contributed by atoms with Gasteiger partial charge in [0.05, 0.1) is 0 Å². The van der Waals surface area contributed by atoms with Gasteiger partial charge in [-0.15, -0.1) is 0 Å². The lowest BCUT2D eigenvalue weighted by Crippen LogP contribution is -2.33. The van der Waals surface area contributed by atoms with Gasteiger partial charge in [-0.25, -0.2) is 14.3 Å². The third-order valence-electron chi connectivity index (χ3n) is 2.99. The molecular formula is C15H20F3N5O2. The molecule has 0 saturated carbocycles. The summed E-state index contributed by atoms with van der Waals surface area (Å²) in [6.45, 7) is 6.07. The normalized spacial score (nSPS) is 12.2. The van der Waals surface area contributed by atoms with Crippen LogP contribution in [-0.4, -0.2) is 39.4 Å². The molecule has 7 nitrogen and oxygen atoms in total. The lowest BCUT2D eigenvalue weighted by molar-refractivity contribution is -0.141. The average molecular weight is 359 g/mol. The molecule has 1 amide bonds. The second kappa shape index (κ2) is 7.16. The SMILES string of the molecule is CC(C)(C)OC(=O)NCCCNc1nccn2nc(C(F)(F)F)cc12. The average Bonchev–Trinajstić information content (AvgIpc) is 2.90. The smallest absolute Gasteiger partial charge is 0.435 e. The van der Waals surface area contributed by atoms with Crippen LogP contribution in [0.4, 0.5) is 23.8 Å². The van der Waals surface area contributed by atoms with Crippen LogP contribution in [0.3, 0.4) is 0 Å². The summed E-state index contributed by atoms with van der Waals surface area (Å²) < 4.78 is 44.4. The molecule has 0 radical (unpaired) electrons. The lowest BCUT2D eigenvalue weighted by Gasteiger charge is -2.19. The van der Waals surface area contributed by atoms with Gasteiger partial charge in [0.2, 0.25) is 0 Å². The van der Waals surface area contributed by atoms with Gasteiger partial charge in [0.15, 0.2) is 11.5 Å². The number of carbonyl (C=O) groups is 1. The quantitative estimate of drug-likeness (QED) is 0.802. The third-order valence-corrected chi connectivity index (χ3v) is 2.99. The van der Waals surface area contributed by atoms with Crippen molar-refractivity contribution in [1.82, 2.24) is 19.9 Å². The molecule has 0 spiro atoms. The van der Waals surface area contributed by atoms with Crippen molar-refractivity contribution in [2.75, 3.05) is 18.4 Å². The number of carbonyl (C=O) groups excluding carboxylic acids is 1. The Morgan fingerprint density at radius 2 is 2.00 bits per heavy atom. The van der Waals surface area contributed by atoms with Crippen LogP contribution in [0.1, 0.15) is 32.9 Å². The molecule has 2 heterocycles. The van der Waals surface area contributed by atoms with E-state index in [4.69, 9.17) is 4.74 Å². The summed E-state index contributed by atoms with van der Waals surface area (Å²) in [5, 5.41) is 9.03. The minimum atomic E-state index is -4.51. The maximum atomic E-state index is 12.7. The summed E-state index contributed by atoms with van der Waals surface area (Å²) in [6.07, 6.45) is -1.78. The van der Waals surface area contributed by atoms with Gasteiger partial charge in [-0.05, 0) is 27.2 Å². The standard InChI is InChI=1S/C15H20F3N5O2/c1-14(2,3)25-13(24)21-6-4-5-19-12-10-9-11(15(16,17)18)22-23(10)8-7-20-12/h7-9H,4-6H2,1-3H3,(H,19,20)(H,21,24). The van der Waals surface area contributed by atoms with Crippen LogP contribution in [0, 0.1) is 0 Å². The van der Waals surface area contributed by atoms with E-state index in [2.05, 4.69) is 20.7 Å². The third kappa shape index (κ3) is 5.50. The number of rotatable bonds is 5. The fraction of sp³-hybridized carbons (Fsp3) is 0.533. The Hall–Kier alpha value is -2.52. The fourth-order valence-corrected chi connectivity index (χ4v) is 2.00. The maximum Gasteiger partial charge on any atom is 0.435 e. The zero-order chi connectivity index (χ0) is 18.7. The van der Waals surface area contributed by atoms with E-state index in [1.807, 2.05) is 0 Å². The Morgan fingerprint density at radius 1 is 1.28 bits per heavy atom. The lowest BCUT2D eigenvalue weighted by atomic mass is 10.2. The van der Waals surface area contributed by atoms with Crippen molar-refractivity contribution in [3.8, 4) is 0 Å². The molecule has 2 aromatic heterocycles. The first kappa shape index (κ1) is 18.8. The number of anilines is 1. The van der Waals surface area contributed by atoms with Crippen LogP contribution < -0.4 is 10.6 Å². The number of halogens is 3. The van der Waals surface area contributed by atoms with Crippen LogP contribution >= 0.6 is 0 Å². The number of hydrogen-bond donors (Lipinski definition) is 2. The highest BCUT2D eigenvalue weighted by Crippen LogP contribution is 2.29. The van der Waals surface area contributed by atoms with E-state index in [9.17, 15) is 18.0 Å². The molecule has 0 bridgehead atoms. The summed E-state index contributed by atoms with van der Waals surface area (Å²) in [4.78, 5) is 15.5. The predicted octanol–water partition coefficient (Wildman–Crippen LogP) is 3.07. The monoisotopic (exact) mass is 359 g/mol. The van der Waals surface area contributed by atoms with Gasteiger partial charge in [0.1, 0.15) is 11.1 Å². The van der Waals surface area contributed by atoms with E-state index in [-0.39, 0.29) is 5.52 Å². The minimum absolute atomic E-state index is 0.231. The number of nitrogens with one attached hydrogen (secondary N) is 2. The van der Waals surface area contributed by atoms with Crippen molar-refractivity contribution < 1.29 is 22.7 Å². The second-order valence-corrected chi connectivity index (χ2v) is 6.34. The Kier molecular flexibility index (Phi) is 5.39. The number of fused-ring (bicyclic) bond motifs is 1. The van der Waals surface area contributed by atoms with Gasteiger partial charge >= 0.3 is 12.3 Å². The Balaban J connectivity index is 1.87. The molecular weight excluding hydrogens is 339 g/mol. The van der Waals surface area contributed by atoms with Gasteiger partial charge in [-0.1, -0.05) is 0 Å². The number of alkyl carbamates (subject to hydrolysis) is 1. The summed E-state index contributed by atoms with van der Waals surface area (Å²) in [5.41, 5.74) is -1.31. The van der Waals surface area contributed by atoms with Gasteiger partial charge in [-0.3, -0.25) is 0 Å². The highest BCUT2D eigenvalue weighted by atomic mass is 19.4. The molecule has 2 N–H and O–H groups in total. The van der Waals surface area contributed by atoms with E-state index in [1.165, 1.54) is 12.4 Å². The molecule has 0 saturated heterocycles. The predicted molar refractivity (Wildman–Crippen MR) is 85.3 cm³/mol. The maximum absolute atomic E-state index is 12.7. The molecule has 0 aliphatic carbocycles. The number of amides is 1. The van der Waals surface area contributed by atoms with Crippen LogP contribution in [0.15, 0.2) is 18.5 Å². The van der Waals surface area contributed by atoms with Crippen molar-refractivity contribution in [2.45, 2.75) is 39.0 Å². The first-order chi connectivity index (χ1) is 11.6. The first-order valence-electron chi connectivity index (χ1n) is 7.68. The summed E-state index contributed by atoms with van der Waals surface area (Å²) in [6, 6.07) is 0.939. The molecule has 0 aliphatic rings. The van der Waals surface area contributed by atoms with Gasteiger partial charge in [0, 0.05) is 31.5 Å².